The Morgan fingerprint density at radius 2 is 2.29 bits per heavy atom. The molecule has 1 fully saturated rings. The van der Waals surface area contributed by atoms with Gasteiger partial charge in [-0.05, 0) is 18.9 Å². The fourth-order valence-corrected chi connectivity index (χ4v) is 2.22. The van der Waals surface area contributed by atoms with Crippen molar-refractivity contribution in [3.05, 3.63) is 24.3 Å². The van der Waals surface area contributed by atoms with Gasteiger partial charge in [-0.15, -0.1) is 0 Å². The highest BCUT2D eigenvalue weighted by Crippen LogP contribution is 2.22. The van der Waals surface area contributed by atoms with E-state index in [2.05, 4.69) is 10.1 Å². The summed E-state index contributed by atoms with van der Waals surface area (Å²) in [4.78, 5) is 5.80. The second kappa shape index (κ2) is 3.94. The van der Waals surface area contributed by atoms with Crippen LogP contribution in [0, 0.1) is 5.82 Å². The Kier molecular flexibility index (Phi) is 2.42. The molecule has 1 saturated heterocycles. The van der Waals surface area contributed by atoms with Gasteiger partial charge in [0.1, 0.15) is 12.0 Å². The average Bonchev–Trinajstić information content (AvgIpc) is 2.71. The standard InChI is InChI=1S/C11H12F2N4/c12-8-2-1-5-16(7-8)10-3-4-14-11-9(13)6-15-17(10)11/h3-4,6,8H,1-2,5,7H2/t8-/m1/s1. The molecule has 3 rings (SSSR count). The highest BCUT2D eigenvalue weighted by molar-refractivity contribution is 5.49. The molecule has 2 aromatic rings. The third-order valence-corrected chi connectivity index (χ3v) is 3.03. The van der Waals surface area contributed by atoms with Crippen LogP contribution in [-0.4, -0.2) is 33.9 Å². The van der Waals surface area contributed by atoms with Crippen molar-refractivity contribution in [2.24, 2.45) is 0 Å². The van der Waals surface area contributed by atoms with E-state index >= 15 is 0 Å². The maximum Gasteiger partial charge on any atom is 0.193 e. The molecular formula is C11H12F2N4. The SMILES string of the molecule is Fc1cnn2c(N3CCC[C@@H](F)C3)ccnc12. The molecule has 0 aromatic carbocycles. The molecule has 0 aliphatic carbocycles. The molecule has 0 spiro atoms. The lowest BCUT2D eigenvalue weighted by atomic mass is 10.1. The number of halogens is 2. The molecule has 6 heteroatoms. The van der Waals surface area contributed by atoms with Gasteiger partial charge >= 0.3 is 0 Å². The van der Waals surface area contributed by atoms with Crippen molar-refractivity contribution in [3.8, 4) is 0 Å². The molecule has 0 unspecified atom stereocenters. The molecule has 0 N–H and O–H groups in total. The summed E-state index contributed by atoms with van der Waals surface area (Å²) in [6.45, 7) is 1.10. The minimum absolute atomic E-state index is 0.184. The molecule has 0 amide bonds. The van der Waals surface area contributed by atoms with Crippen LogP contribution in [0.1, 0.15) is 12.8 Å². The van der Waals surface area contributed by atoms with Gasteiger partial charge in [0.05, 0.1) is 12.7 Å². The molecule has 17 heavy (non-hydrogen) atoms. The van der Waals surface area contributed by atoms with E-state index in [0.717, 1.165) is 19.2 Å². The third kappa shape index (κ3) is 1.73. The number of hydrogen-bond donors (Lipinski definition) is 0. The molecule has 90 valence electrons. The predicted octanol–water partition coefficient (Wildman–Crippen LogP) is 1.81. The largest absolute Gasteiger partial charge is 0.354 e. The van der Waals surface area contributed by atoms with Crippen molar-refractivity contribution in [2.45, 2.75) is 19.0 Å². The lowest BCUT2D eigenvalue weighted by molar-refractivity contribution is 0.285. The summed E-state index contributed by atoms with van der Waals surface area (Å²) in [5, 5.41) is 3.93. The van der Waals surface area contributed by atoms with Gasteiger partial charge in [-0.1, -0.05) is 0 Å². The van der Waals surface area contributed by atoms with Crippen molar-refractivity contribution in [2.75, 3.05) is 18.0 Å². The van der Waals surface area contributed by atoms with E-state index in [-0.39, 0.29) is 5.65 Å². The zero-order chi connectivity index (χ0) is 11.8. The fourth-order valence-electron chi connectivity index (χ4n) is 2.22. The minimum Gasteiger partial charge on any atom is -0.354 e. The van der Waals surface area contributed by atoms with Crippen molar-refractivity contribution in [1.82, 2.24) is 14.6 Å². The summed E-state index contributed by atoms with van der Waals surface area (Å²) < 4.78 is 28.1. The van der Waals surface area contributed by atoms with E-state index in [1.54, 1.807) is 6.07 Å². The van der Waals surface area contributed by atoms with E-state index in [0.29, 0.717) is 18.8 Å². The number of piperidine rings is 1. The lowest BCUT2D eigenvalue weighted by Crippen LogP contribution is -2.37. The maximum atomic E-state index is 13.4. The van der Waals surface area contributed by atoms with Crippen LogP contribution < -0.4 is 4.90 Å². The Balaban J connectivity index is 2.04. The molecule has 2 aromatic heterocycles. The van der Waals surface area contributed by atoms with E-state index in [1.807, 2.05) is 4.90 Å². The highest BCUT2D eigenvalue weighted by atomic mass is 19.1. The van der Waals surface area contributed by atoms with Crippen LogP contribution in [0.2, 0.25) is 0 Å². The molecular weight excluding hydrogens is 226 g/mol. The first-order valence-electron chi connectivity index (χ1n) is 5.63. The van der Waals surface area contributed by atoms with E-state index in [4.69, 9.17) is 0 Å². The van der Waals surface area contributed by atoms with Gasteiger partial charge in [-0.25, -0.2) is 13.8 Å². The van der Waals surface area contributed by atoms with Crippen LogP contribution in [0.5, 0.6) is 0 Å². The fraction of sp³-hybridized carbons (Fsp3) is 0.455. The molecule has 3 heterocycles. The number of nitrogens with zero attached hydrogens (tertiary/aromatic N) is 4. The summed E-state index contributed by atoms with van der Waals surface area (Å²) in [6.07, 6.45) is 3.22. The van der Waals surface area contributed by atoms with Crippen LogP contribution in [-0.2, 0) is 0 Å². The van der Waals surface area contributed by atoms with Crippen molar-refractivity contribution >= 4 is 11.5 Å². The molecule has 0 saturated carbocycles. The lowest BCUT2D eigenvalue weighted by Gasteiger charge is -2.30. The van der Waals surface area contributed by atoms with Crippen LogP contribution in [0.3, 0.4) is 0 Å². The Morgan fingerprint density at radius 3 is 3.12 bits per heavy atom. The summed E-state index contributed by atoms with van der Waals surface area (Å²) in [7, 11) is 0. The number of fused-ring (bicyclic) bond motifs is 1. The van der Waals surface area contributed by atoms with Crippen LogP contribution >= 0.6 is 0 Å². The van der Waals surface area contributed by atoms with Crippen molar-refractivity contribution in [1.29, 1.82) is 0 Å². The minimum atomic E-state index is -0.827. The smallest absolute Gasteiger partial charge is 0.193 e. The quantitative estimate of drug-likeness (QED) is 0.759. The Hall–Kier alpha value is -1.72. The Bertz CT molecular complexity index is 539. The zero-order valence-electron chi connectivity index (χ0n) is 9.18. The second-order valence-electron chi connectivity index (χ2n) is 4.22. The first-order valence-corrected chi connectivity index (χ1v) is 5.63. The molecule has 1 aliphatic heterocycles. The number of aromatic nitrogens is 3. The summed E-state index contributed by atoms with van der Waals surface area (Å²) in [6, 6.07) is 1.73. The van der Waals surface area contributed by atoms with Gasteiger partial charge in [0, 0.05) is 12.7 Å². The molecule has 4 nitrogen and oxygen atoms in total. The van der Waals surface area contributed by atoms with E-state index < -0.39 is 12.0 Å². The van der Waals surface area contributed by atoms with Crippen LogP contribution in [0.15, 0.2) is 18.5 Å². The average molecular weight is 238 g/mol. The Morgan fingerprint density at radius 1 is 1.41 bits per heavy atom. The predicted molar refractivity (Wildman–Crippen MR) is 59.3 cm³/mol. The van der Waals surface area contributed by atoms with Gasteiger partial charge in [0.25, 0.3) is 0 Å². The van der Waals surface area contributed by atoms with Gasteiger partial charge in [0.2, 0.25) is 0 Å². The van der Waals surface area contributed by atoms with Gasteiger partial charge in [-0.3, -0.25) is 0 Å². The number of rotatable bonds is 1. The van der Waals surface area contributed by atoms with Gasteiger partial charge in [0.15, 0.2) is 11.5 Å². The van der Waals surface area contributed by atoms with Crippen molar-refractivity contribution < 1.29 is 8.78 Å². The molecule has 0 bridgehead atoms. The number of alkyl halides is 1. The summed E-state index contributed by atoms with van der Waals surface area (Å²) >= 11 is 0. The summed E-state index contributed by atoms with van der Waals surface area (Å²) in [5.74, 6) is 0.238. The van der Waals surface area contributed by atoms with Crippen LogP contribution in [0.25, 0.3) is 5.65 Å². The Labute approximate surface area is 96.9 Å². The van der Waals surface area contributed by atoms with E-state index in [9.17, 15) is 8.78 Å². The maximum absolute atomic E-state index is 13.4. The monoisotopic (exact) mass is 238 g/mol. The molecule has 0 radical (unpaired) electrons. The first-order chi connectivity index (χ1) is 8.25. The third-order valence-electron chi connectivity index (χ3n) is 3.03. The number of hydrogen-bond acceptors (Lipinski definition) is 3. The molecule has 1 atom stereocenters. The van der Waals surface area contributed by atoms with Gasteiger partial charge < -0.3 is 4.90 Å². The normalized spacial score (nSPS) is 21.1. The van der Waals surface area contributed by atoms with E-state index in [1.165, 1.54) is 10.7 Å². The number of anilines is 1. The first kappa shape index (κ1) is 10.4. The topological polar surface area (TPSA) is 33.4 Å². The highest BCUT2D eigenvalue weighted by Gasteiger charge is 2.21. The van der Waals surface area contributed by atoms with Gasteiger partial charge in [-0.2, -0.15) is 9.61 Å². The zero-order valence-corrected chi connectivity index (χ0v) is 9.18. The van der Waals surface area contributed by atoms with Crippen molar-refractivity contribution in [3.63, 3.8) is 0 Å². The van der Waals surface area contributed by atoms with Crippen LogP contribution in [0.4, 0.5) is 14.6 Å². The second-order valence-corrected chi connectivity index (χ2v) is 4.22. The molecule has 1 aliphatic rings. The summed E-state index contributed by atoms with van der Waals surface area (Å²) in [5.41, 5.74) is 0.184.